The molecule has 8 nitrogen and oxygen atoms in total. The number of hydrogen-bond acceptors (Lipinski definition) is 6. The number of rotatable bonds is 5. The van der Waals surface area contributed by atoms with Crippen LogP contribution in [0.1, 0.15) is 32.5 Å². The second-order valence-corrected chi connectivity index (χ2v) is 9.88. The Hall–Kier alpha value is -1.01. The van der Waals surface area contributed by atoms with Gasteiger partial charge in [0.1, 0.15) is 15.0 Å². The number of aromatic nitrogens is 4. The number of fused-ring (bicyclic) bond motifs is 1. The van der Waals surface area contributed by atoms with Gasteiger partial charge in [-0.05, 0) is 41.4 Å². The first kappa shape index (κ1) is 18.8. The van der Waals surface area contributed by atoms with E-state index in [4.69, 9.17) is 0 Å². The Bertz CT molecular complexity index is 858. The zero-order chi connectivity index (χ0) is 18.2. The predicted molar refractivity (Wildman–Crippen MR) is 105 cm³/mol. The fourth-order valence-electron chi connectivity index (χ4n) is 2.98. The number of nitrogens with one attached hydrogen (secondary N) is 1. The normalized spacial score (nSPS) is 17.5. The molecule has 1 aliphatic rings. The van der Waals surface area contributed by atoms with Gasteiger partial charge in [0.25, 0.3) is 0 Å². The summed E-state index contributed by atoms with van der Waals surface area (Å²) in [6.07, 6.45) is 5.39. The summed E-state index contributed by atoms with van der Waals surface area (Å²) in [7, 11) is -3.10. The average Bonchev–Trinajstić information content (AvgIpc) is 2.82. The fourth-order valence-corrected chi connectivity index (χ4v) is 4.50. The Morgan fingerprint density at radius 1 is 1.36 bits per heavy atom. The number of piperidine rings is 1. The summed E-state index contributed by atoms with van der Waals surface area (Å²) in [6, 6.07) is 0.173. The maximum Gasteiger partial charge on any atom is 0.241 e. The van der Waals surface area contributed by atoms with E-state index in [-0.39, 0.29) is 6.04 Å². The van der Waals surface area contributed by atoms with Crippen LogP contribution in [0.25, 0.3) is 5.52 Å². The molecule has 0 unspecified atom stereocenters. The average molecular weight is 478 g/mol. The maximum atomic E-state index is 11.6. The van der Waals surface area contributed by atoms with E-state index >= 15 is 0 Å². The molecule has 0 radical (unpaired) electrons. The van der Waals surface area contributed by atoms with Crippen LogP contribution < -0.4 is 5.32 Å². The predicted octanol–water partition coefficient (Wildman–Crippen LogP) is 1.76. The number of halogens is 1. The van der Waals surface area contributed by atoms with Crippen LogP contribution in [0.2, 0.25) is 0 Å². The highest BCUT2D eigenvalue weighted by Crippen LogP contribution is 2.19. The summed E-state index contributed by atoms with van der Waals surface area (Å²) in [6.45, 7) is 5.37. The van der Waals surface area contributed by atoms with Gasteiger partial charge in [0.05, 0.1) is 12.5 Å². The van der Waals surface area contributed by atoms with E-state index in [2.05, 4.69) is 56.8 Å². The van der Waals surface area contributed by atoms with E-state index in [1.807, 2.05) is 4.52 Å². The molecule has 138 valence electrons. The van der Waals surface area contributed by atoms with Crippen LogP contribution in [-0.4, -0.2) is 57.7 Å². The van der Waals surface area contributed by atoms with Crippen LogP contribution in [0.15, 0.2) is 6.20 Å². The molecule has 0 saturated carbocycles. The number of nitrogens with zero attached hydrogens (tertiary/aromatic N) is 5. The van der Waals surface area contributed by atoms with Gasteiger partial charge in [-0.15, -0.1) is 5.10 Å². The highest BCUT2D eigenvalue weighted by Gasteiger charge is 2.25. The van der Waals surface area contributed by atoms with Crippen molar-refractivity contribution in [3.63, 3.8) is 0 Å². The molecule has 1 fully saturated rings. The first-order chi connectivity index (χ1) is 11.7. The Balaban J connectivity index is 1.74. The fraction of sp³-hybridized carbons (Fsp3) is 0.667. The van der Waals surface area contributed by atoms with Gasteiger partial charge < -0.3 is 5.32 Å². The molecule has 1 saturated heterocycles. The molecule has 0 bridgehead atoms. The van der Waals surface area contributed by atoms with Gasteiger partial charge in [-0.2, -0.15) is 0 Å². The minimum atomic E-state index is -3.10. The number of hydrogen-bond donors (Lipinski definition) is 1. The number of anilines is 1. The van der Waals surface area contributed by atoms with Crippen LogP contribution >= 0.6 is 22.6 Å². The summed E-state index contributed by atoms with van der Waals surface area (Å²) < 4.78 is 27.5. The van der Waals surface area contributed by atoms with Gasteiger partial charge in [0.2, 0.25) is 16.0 Å². The van der Waals surface area contributed by atoms with Gasteiger partial charge >= 0.3 is 0 Å². The van der Waals surface area contributed by atoms with E-state index in [0.29, 0.717) is 25.0 Å². The van der Waals surface area contributed by atoms with Crippen molar-refractivity contribution in [3.8, 4) is 0 Å². The number of sulfonamides is 1. The SMILES string of the molecule is CC(C)Cc1nc(I)c2cnc(NC3CCN(S(C)(=O)=O)CC3)nn12. The van der Waals surface area contributed by atoms with Crippen molar-refractivity contribution in [2.75, 3.05) is 24.7 Å². The monoisotopic (exact) mass is 478 g/mol. The standard InChI is InChI=1S/C15H23IN6O2S/c1-10(2)8-13-19-14(16)12-9-17-15(20-22(12)13)18-11-4-6-21(7-5-11)25(3,23)24/h9-11H,4-8H2,1-3H3,(H,18,20). The van der Waals surface area contributed by atoms with Crippen molar-refractivity contribution in [1.29, 1.82) is 0 Å². The third-order valence-electron chi connectivity index (χ3n) is 4.26. The largest absolute Gasteiger partial charge is 0.350 e. The zero-order valence-electron chi connectivity index (χ0n) is 14.6. The molecular weight excluding hydrogens is 455 g/mol. The molecule has 0 amide bonds. The van der Waals surface area contributed by atoms with Crippen molar-refractivity contribution in [2.45, 2.75) is 39.2 Å². The quantitative estimate of drug-likeness (QED) is 0.659. The minimum absolute atomic E-state index is 0.173. The summed E-state index contributed by atoms with van der Waals surface area (Å²) in [5, 5.41) is 7.95. The van der Waals surface area contributed by atoms with Gasteiger partial charge in [-0.3, -0.25) is 0 Å². The summed E-state index contributed by atoms with van der Waals surface area (Å²) in [5.41, 5.74) is 0.911. The lowest BCUT2D eigenvalue weighted by atomic mass is 10.1. The maximum absolute atomic E-state index is 11.6. The van der Waals surface area contributed by atoms with Crippen molar-refractivity contribution >= 4 is 44.1 Å². The van der Waals surface area contributed by atoms with Gasteiger partial charge in [0, 0.05) is 25.6 Å². The number of imidazole rings is 1. The van der Waals surface area contributed by atoms with Crippen LogP contribution in [0.3, 0.4) is 0 Å². The molecule has 3 heterocycles. The van der Waals surface area contributed by atoms with Gasteiger partial charge in [0.15, 0.2) is 0 Å². The first-order valence-electron chi connectivity index (χ1n) is 8.36. The molecule has 10 heteroatoms. The molecule has 3 rings (SSSR count). The zero-order valence-corrected chi connectivity index (χ0v) is 17.6. The van der Waals surface area contributed by atoms with Gasteiger partial charge in [-0.1, -0.05) is 13.8 Å². The van der Waals surface area contributed by atoms with Gasteiger partial charge in [-0.25, -0.2) is 27.2 Å². The Labute approximate surface area is 161 Å². The summed E-state index contributed by atoms with van der Waals surface area (Å²) in [4.78, 5) is 9.00. The molecule has 1 aliphatic heterocycles. The van der Waals surface area contributed by atoms with Crippen molar-refractivity contribution < 1.29 is 8.42 Å². The molecule has 1 N–H and O–H groups in total. The minimum Gasteiger partial charge on any atom is -0.350 e. The first-order valence-corrected chi connectivity index (χ1v) is 11.3. The van der Waals surface area contributed by atoms with Crippen LogP contribution in [-0.2, 0) is 16.4 Å². The van der Waals surface area contributed by atoms with Crippen LogP contribution in [0, 0.1) is 9.62 Å². The van der Waals surface area contributed by atoms with E-state index in [1.54, 1.807) is 6.20 Å². The molecule has 0 aliphatic carbocycles. The second-order valence-electron chi connectivity index (χ2n) is 6.88. The highest BCUT2D eigenvalue weighted by molar-refractivity contribution is 14.1. The second kappa shape index (κ2) is 7.31. The third-order valence-corrected chi connectivity index (χ3v) is 6.36. The molecule has 2 aromatic rings. The lowest BCUT2D eigenvalue weighted by Crippen LogP contribution is -2.42. The molecule has 0 spiro atoms. The Morgan fingerprint density at radius 2 is 2.04 bits per heavy atom. The summed E-state index contributed by atoms with van der Waals surface area (Å²) in [5.74, 6) is 1.99. The Morgan fingerprint density at radius 3 is 2.64 bits per heavy atom. The molecule has 0 aromatic carbocycles. The third kappa shape index (κ3) is 4.40. The molecule has 2 aromatic heterocycles. The lowest BCUT2D eigenvalue weighted by molar-refractivity contribution is 0.331. The summed E-state index contributed by atoms with van der Waals surface area (Å²) >= 11 is 2.21. The van der Waals surface area contributed by atoms with E-state index in [1.165, 1.54) is 10.6 Å². The van der Waals surface area contributed by atoms with E-state index in [9.17, 15) is 8.42 Å². The van der Waals surface area contributed by atoms with Crippen LogP contribution in [0.5, 0.6) is 0 Å². The molecule has 25 heavy (non-hydrogen) atoms. The van der Waals surface area contributed by atoms with Crippen LogP contribution in [0.4, 0.5) is 5.95 Å². The van der Waals surface area contributed by atoms with E-state index < -0.39 is 10.0 Å². The van der Waals surface area contributed by atoms with Crippen molar-refractivity contribution in [2.24, 2.45) is 5.92 Å². The lowest BCUT2D eigenvalue weighted by Gasteiger charge is -2.30. The highest BCUT2D eigenvalue weighted by atomic mass is 127. The molecule has 0 atom stereocenters. The topological polar surface area (TPSA) is 92.5 Å². The van der Waals surface area contributed by atoms with Crippen molar-refractivity contribution in [3.05, 3.63) is 15.7 Å². The molecular formula is C15H23IN6O2S. The smallest absolute Gasteiger partial charge is 0.241 e. The Kier molecular flexibility index (Phi) is 5.49. The van der Waals surface area contributed by atoms with E-state index in [0.717, 1.165) is 34.3 Å². The van der Waals surface area contributed by atoms with Crippen molar-refractivity contribution in [1.82, 2.24) is 23.9 Å².